The fourth-order valence-electron chi connectivity index (χ4n) is 3.89. The van der Waals surface area contributed by atoms with E-state index in [-0.39, 0.29) is 18.4 Å². The summed E-state index contributed by atoms with van der Waals surface area (Å²) in [5.41, 5.74) is 2.01. The average Bonchev–Trinajstić information content (AvgIpc) is 3.49. The van der Waals surface area contributed by atoms with E-state index in [0.717, 1.165) is 41.7 Å². The third-order valence-corrected chi connectivity index (χ3v) is 5.56. The topological polar surface area (TPSA) is 98.2 Å². The maximum atomic E-state index is 12.7. The van der Waals surface area contributed by atoms with Gasteiger partial charge in [-0.2, -0.15) is 10.2 Å². The first kappa shape index (κ1) is 20.9. The Morgan fingerprint density at radius 3 is 2.81 bits per heavy atom. The Morgan fingerprint density at radius 1 is 1.26 bits per heavy atom. The van der Waals surface area contributed by atoms with E-state index in [0.29, 0.717) is 25.4 Å². The maximum Gasteiger partial charge on any atom is 0.244 e. The molecule has 1 amide bonds. The van der Waals surface area contributed by atoms with E-state index < -0.39 is 0 Å². The molecule has 3 aromatic rings. The molecule has 0 spiro atoms. The monoisotopic (exact) mass is 424 g/mol. The number of aromatic amines is 1. The molecule has 31 heavy (non-hydrogen) atoms. The van der Waals surface area contributed by atoms with Crippen LogP contribution in [0.25, 0.3) is 0 Å². The van der Waals surface area contributed by atoms with E-state index in [1.807, 2.05) is 43.0 Å². The quantitative estimate of drug-likeness (QED) is 0.596. The summed E-state index contributed by atoms with van der Waals surface area (Å²) in [6.45, 7) is 5.85. The van der Waals surface area contributed by atoms with E-state index in [9.17, 15) is 4.79 Å². The Hall–Kier alpha value is -3.36. The Labute approximate surface area is 181 Å². The van der Waals surface area contributed by atoms with Crippen molar-refractivity contribution >= 4 is 5.91 Å². The first-order valence-corrected chi connectivity index (χ1v) is 10.5. The molecule has 2 aromatic heterocycles. The van der Waals surface area contributed by atoms with Gasteiger partial charge in [-0.15, -0.1) is 0 Å². The minimum atomic E-state index is 0.0662. The van der Waals surface area contributed by atoms with Gasteiger partial charge in [0.1, 0.15) is 18.2 Å². The minimum absolute atomic E-state index is 0.0662. The van der Waals surface area contributed by atoms with Crippen LogP contribution in [0.2, 0.25) is 0 Å². The highest BCUT2D eigenvalue weighted by Gasteiger charge is 2.29. The SMILES string of the molecule is COc1ccccc1OCCc1cc(C2CCN(C(=O)Cn3nc(C)nc3C)C2)n[nH]1. The lowest BCUT2D eigenvalue weighted by molar-refractivity contribution is -0.131. The van der Waals surface area contributed by atoms with Crippen LogP contribution in [0, 0.1) is 13.8 Å². The number of methoxy groups -OCH3 is 1. The van der Waals surface area contributed by atoms with Gasteiger partial charge in [0, 0.05) is 31.1 Å². The zero-order valence-corrected chi connectivity index (χ0v) is 18.2. The Kier molecular flexibility index (Phi) is 6.20. The Morgan fingerprint density at radius 2 is 2.06 bits per heavy atom. The summed E-state index contributed by atoms with van der Waals surface area (Å²) in [7, 11) is 1.63. The number of rotatable bonds is 8. The van der Waals surface area contributed by atoms with Crippen molar-refractivity contribution in [2.24, 2.45) is 0 Å². The van der Waals surface area contributed by atoms with Gasteiger partial charge in [0.05, 0.1) is 19.4 Å². The fourth-order valence-corrected chi connectivity index (χ4v) is 3.89. The predicted octanol–water partition coefficient (Wildman–Crippen LogP) is 2.26. The van der Waals surface area contributed by atoms with Gasteiger partial charge >= 0.3 is 0 Å². The van der Waals surface area contributed by atoms with Crippen LogP contribution in [0.1, 0.15) is 35.4 Å². The number of benzene rings is 1. The molecule has 1 N–H and O–H groups in total. The van der Waals surface area contributed by atoms with Crippen LogP contribution in [-0.2, 0) is 17.8 Å². The number of likely N-dealkylation sites (tertiary alicyclic amines) is 1. The predicted molar refractivity (Wildman–Crippen MR) is 114 cm³/mol. The lowest BCUT2D eigenvalue weighted by Gasteiger charge is -2.16. The summed E-state index contributed by atoms with van der Waals surface area (Å²) in [5.74, 6) is 3.20. The molecule has 1 unspecified atom stereocenters. The molecule has 1 fully saturated rings. The smallest absolute Gasteiger partial charge is 0.244 e. The largest absolute Gasteiger partial charge is 0.493 e. The Bertz CT molecular complexity index is 1040. The maximum absolute atomic E-state index is 12.7. The molecule has 0 bridgehead atoms. The number of carbonyl (C=O) groups excluding carboxylic acids is 1. The van der Waals surface area contributed by atoms with Crippen molar-refractivity contribution in [2.75, 3.05) is 26.8 Å². The van der Waals surface area contributed by atoms with Crippen LogP contribution in [0.3, 0.4) is 0 Å². The molecule has 164 valence electrons. The van der Waals surface area contributed by atoms with Crippen molar-refractivity contribution < 1.29 is 14.3 Å². The van der Waals surface area contributed by atoms with Gasteiger partial charge in [0.2, 0.25) is 5.91 Å². The second-order valence-corrected chi connectivity index (χ2v) is 7.76. The van der Waals surface area contributed by atoms with Gasteiger partial charge in [-0.1, -0.05) is 12.1 Å². The summed E-state index contributed by atoms with van der Waals surface area (Å²) in [6.07, 6.45) is 1.62. The highest BCUT2D eigenvalue weighted by molar-refractivity contribution is 5.76. The van der Waals surface area contributed by atoms with Gasteiger partial charge in [-0.3, -0.25) is 9.89 Å². The lowest BCUT2D eigenvalue weighted by Crippen LogP contribution is -2.32. The highest BCUT2D eigenvalue weighted by atomic mass is 16.5. The number of amides is 1. The molecular formula is C22H28N6O3. The first-order chi connectivity index (χ1) is 15.0. The molecule has 0 saturated carbocycles. The van der Waals surface area contributed by atoms with Gasteiger partial charge in [-0.25, -0.2) is 9.67 Å². The number of nitrogens with one attached hydrogen (secondary N) is 1. The number of H-pyrrole nitrogens is 1. The van der Waals surface area contributed by atoms with Crippen molar-refractivity contribution in [1.82, 2.24) is 29.9 Å². The first-order valence-electron chi connectivity index (χ1n) is 10.5. The summed E-state index contributed by atoms with van der Waals surface area (Å²) < 4.78 is 12.8. The van der Waals surface area contributed by atoms with Gasteiger partial charge in [-0.05, 0) is 38.5 Å². The summed E-state index contributed by atoms with van der Waals surface area (Å²) >= 11 is 0. The molecule has 9 nitrogen and oxygen atoms in total. The number of aryl methyl sites for hydroxylation is 2. The number of hydrogen-bond acceptors (Lipinski definition) is 6. The van der Waals surface area contributed by atoms with Gasteiger partial charge < -0.3 is 14.4 Å². The number of nitrogens with zero attached hydrogens (tertiary/aromatic N) is 5. The molecular weight excluding hydrogens is 396 g/mol. The molecule has 1 aliphatic heterocycles. The molecule has 1 aromatic carbocycles. The molecule has 9 heteroatoms. The fraction of sp³-hybridized carbons (Fsp3) is 0.455. The number of ether oxygens (including phenoxy) is 2. The molecule has 0 radical (unpaired) electrons. The van der Waals surface area contributed by atoms with Crippen molar-refractivity contribution in [3.63, 3.8) is 0 Å². The summed E-state index contributed by atoms with van der Waals surface area (Å²) in [5, 5.41) is 11.9. The van der Waals surface area contributed by atoms with E-state index in [2.05, 4.69) is 26.3 Å². The molecule has 0 aliphatic carbocycles. The zero-order chi connectivity index (χ0) is 21.8. The summed E-state index contributed by atoms with van der Waals surface area (Å²) in [4.78, 5) is 18.8. The average molecular weight is 425 g/mol. The third kappa shape index (κ3) is 4.87. The standard InChI is InChI=1S/C22H28N6O3/c1-15-23-16(2)28(26-15)14-22(29)27-10-8-17(13-27)19-12-18(24-25-19)9-11-31-21-7-5-4-6-20(21)30-3/h4-7,12,17H,8-11,13-14H2,1-3H3,(H,24,25). The number of carbonyl (C=O) groups is 1. The number of hydrogen-bond donors (Lipinski definition) is 1. The van der Waals surface area contributed by atoms with Gasteiger partial charge in [0.15, 0.2) is 11.5 Å². The molecule has 1 aliphatic rings. The Balaban J connectivity index is 1.28. The van der Waals surface area contributed by atoms with Crippen LogP contribution < -0.4 is 9.47 Å². The minimum Gasteiger partial charge on any atom is -0.493 e. The van der Waals surface area contributed by atoms with Crippen molar-refractivity contribution in [3.05, 3.63) is 53.4 Å². The van der Waals surface area contributed by atoms with E-state index in [1.54, 1.807) is 11.8 Å². The van der Waals surface area contributed by atoms with Gasteiger partial charge in [0.25, 0.3) is 0 Å². The van der Waals surface area contributed by atoms with Crippen LogP contribution in [0.4, 0.5) is 0 Å². The number of para-hydroxylation sites is 2. The molecule has 1 atom stereocenters. The van der Waals surface area contributed by atoms with E-state index in [1.165, 1.54) is 0 Å². The highest BCUT2D eigenvalue weighted by Crippen LogP contribution is 2.27. The van der Waals surface area contributed by atoms with E-state index >= 15 is 0 Å². The van der Waals surface area contributed by atoms with Crippen LogP contribution in [0.5, 0.6) is 11.5 Å². The number of aromatic nitrogens is 5. The second-order valence-electron chi connectivity index (χ2n) is 7.76. The zero-order valence-electron chi connectivity index (χ0n) is 18.2. The lowest BCUT2D eigenvalue weighted by atomic mass is 10.0. The van der Waals surface area contributed by atoms with Crippen LogP contribution in [0.15, 0.2) is 30.3 Å². The molecule has 1 saturated heterocycles. The van der Waals surface area contributed by atoms with Crippen LogP contribution in [-0.4, -0.2) is 62.6 Å². The molecule has 4 rings (SSSR count). The van der Waals surface area contributed by atoms with Crippen molar-refractivity contribution in [1.29, 1.82) is 0 Å². The third-order valence-electron chi connectivity index (χ3n) is 5.56. The summed E-state index contributed by atoms with van der Waals surface area (Å²) in [6, 6.07) is 9.68. The van der Waals surface area contributed by atoms with Crippen molar-refractivity contribution in [3.8, 4) is 11.5 Å². The second kappa shape index (κ2) is 9.20. The molecule has 3 heterocycles. The normalized spacial score (nSPS) is 16.0. The van der Waals surface area contributed by atoms with Crippen molar-refractivity contribution in [2.45, 2.75) is 39.2 Å². The van der Waals surface area contributed by atoms with Crippen LogP contribution >= 0.6 is 0 Å². The van der Waals surface area contributed by atoms with E-state index in [4.69, 9.17) is 9.47 Å².